The Morgan fingerprint density at radius 3 is 1.77 bits per heavy atom. The average Bonchev–Trinajstić information content (AvgIpc) is 1.50. The molecule has 0 bridgehead atoms. The van der Waals surface area contributed by atoms with Crippen LogP contribution < -0.4 is 0 Å². The Morgan fingerprint density at radius 1 is 0.422 bits per heavy atom. The second kappa shape index (κ2) is 20.2. The summed E-state index contributed by atoms with van der Waals surface area (Å²) in [6.45, 7) is 6.88. The van der Waals surface area contributed by atoms with Gasteiger partial charge in [0.05, 0.1) is 33.8 Å². The van der Waals surface area contributed by atoms with Crippen LogP contribution in [0.2, 0.25) is 0 Å². The lowest BCUT2D eigenvalue weighted by Gasteiger charge is -2.41. The largest absolute Gasteiger partial charge is 0.456 e. The van der Waals surface area contributed by atoms with Gasteiger partial charge in [0.25, 0.3) is 0 Å². The number of hydrogen-bond acceptors (Lipinski definition) is 3. The van der Waals surface area contributed by atoms with E-state index in [1.165, 1.54) is 88.8 Å². The summed E-state index contributed by atoms with van der Waals surface area (Å²) in [4.78, 5) is 11.3. The number of nitrogens with zero attached hydrogens (tertiary/aromatic N) is 2. The topological polar surface area (TPSA) is 38.9 Å². The van der Waals surface area contributed by atoms with Gasteiger partial charge in [0.1, 0.15) is 11.3 Å². The molecule has 0 saturated heterocycles. The predicted molar refractivity (Wildman–Crippen MR) is 372 cm³/mol. The molecule has 0 spiro atoms. The molecule has 0 radical (unpaired) electrons. The van der Waals surface area contributed by atoms with Crippen LogP contribution in [-0.2, 0) is 17.3 Å². The Hall–Kier alpha value is -10.7. The van der Waals surface area contributed by atoms with E-state index in [1.54, 1.807) is 0 Å². The highest BCUT2D eigenvalue weighted by Crippen LogP contribution is 2.62. The standard InChI is InChI=1S/C87H62N2O/c1-53-21-7-13-33-74(53)87(77-36-16-10-28-68(77)69-29-11-17-37-78(69)87)80-51-59(42-40-55(80)3)56-43-45-64-65-46-44-57(58-41-39-54(2)79(50-58)86(62-24-5-4-6-25-62)75-34-14-8-26-66(75)67-27-9-15-35-76(67)86)49-73(65)84-83(72(64)48-56)88-52-81(89-84)61-23-19-22-60(47-61)63-31-20-32-71-70-30-12-18-38-82(70)90-85(63)71/h4-11,13-29,31-52,68,77H,12,30H2,1-3H3. The molecule has 0 fully saturated rings. The van der Waals surface area contributed by atoms with Gasteiger partial charge in [-0.2, -0.15) is 0 Å². The molecule has 14 aromatic rings. The van der Waals surface area contributed by atoms with Crippen molar-refractivity contribution in [3.05, 3.63) is 352 Å². The maximum absolute atomic E-state index is 6.64. The highest BCUT2D eigenvalue weighted by atomic mass is 16.3. The summed E-state index contributed by atoms with van der Waals surface area (Å²) >= 11 is 0. The van der Waals surface area contributed by atoms with Crippen molar-refractivity contribution in [1.82, 2.24) is 9.97 Å². The van der Waals surface area contributed by atoms with Crippen molar-refractivity contribution >= 4 is 49.6 Å². The average molecular weight is 1150 g/mol. The second-order valence-electron chi connectivity index (χ2n) is 25.4. The molecule has 2 aromatic heterocycles. The number of rotatable bonds is 8. The van der Waals surface area contributed by atoms with E-state index < -0.39 is 10.8 Å². The van der Waals surface area contributed by atoms with Crippen molar-refractivity contribution < 1.29 is 4.42 Å². The van der Waals surface area contributed by atoms with Crippen molar-refractivity contribution in [2.24, 2.45) is 5.92 Å². The first kappa shape index (κ1) is 52.4. The molecule has 0 N–H and O–H groups in total. The summed E-state index contributed by atoms with van der Waals surface area (Å²) in [5.74, 6) is 1.43. The fourth-order valence-electron chi connectivity index (χ4n) is 16.9. The molecular weight excluding hydrogens is 1090 g/mol. The van der Waals surface area contributed by atoms with Crippen LogP contribution in [0.15, 0.2) is 284 Å². The highest BCUT2D eigenvalue weighted by molar-refractivity contribution is 6.24. The molecule has 0 aliphatic heterocycles. The minimum atomic E-state index is -0.534. The van der Waals surface area contributed by atoms with Gasteiger partial charge in [0.15, 0.2) is 0 Å². The van der Waals surface area contributed by atoms with Gasteiger partial charge in [-0.3, -0.25) is 4.98 Å². The first-order valence-electron chi connectivity index (χ1n) is 31.8. The monoisotopic (exact) mass is 1150 g/mol. The molecule has 12 aromatic carbocycles. The third-order valence-corrected chi connectivity index (χ3v) is 20.8. The molecule has 3 heteroatoms. The van der Waals surface area contributed by atoms with Gasteiger partial charge in [0, 0.05) is 44.7 Å². The zero-order valence-corrected chi connectivity index (χ0v) is 50.5. The van der Waals surface area contributed by atoms with Gasteiger partial charge < -0.3 is 4.42 Å². The normalized spacial score (nSPS) is 17.4. The van der Waals surface area contributed by atoms with E-state index in [-0.39, 0.29) is 11.8 Å². The number of aromatic nitrogens is 2. The lowest BCUT2D eigenvalue weighted by Crippen LogP contribution is -2.36. The van der Waals surface area contributed by atoms with E-state index >= 15 is 0 Å². The number of furan rings is 1. The molecule has 3 unspecified atom stereocenters. The van der Waals surface area contributed by atoms with E-state index in [0.717, 1.165) is 95.8 Å². The SMILES string of the molecule is Cc1ccc(-c2ccc3c4ccc(-c5ccc(C)c(C6(c7ccccc7C)c7ccccc7C7C=CC=CC76)c5)cc4c4ncc(-c5cccc(-c6cccc7c8c(oc67)C=CCC8)c5)nc4c3c2)cc1C1(c2ccccc2)c2ccccc2-c2ccccc21. The highest BCUT2D eigenvalue weighted by Gasteiger charge is 2.54. The molecule has 426 valence electrons. The van der Waals surface area contributed by atoms with Crippen LogP contribution in [0, 0.1) is 26.7 Å². The van der Waals surface area contributed by atoms with E-state index in [4.69, 9.17) is 14.4 Å². The lowest BCUT2D eigenvalue weighted by molar-refractivity contribution is 0.453. The van der Waals surface area contributed by atoms with Crippen LogP contribution in [0.1, 0.15) is 84.9 Å². The Kier molecular flexibility index (Phi) is 11.7. The number of para-hydroxylation sites is 1. The van der Waals surface area contributed by atoms with Crippen LogP contribution in [0.5, 0.6) is 0 Å². The summed E-state index contributed by atoms with van der Waals surface area (Å²) in [6, 6.07) is 91.1. The van der Waals surface area contributed by atoms with E-state index in [0.29, 0.717) is 0 Å². The molecule has 4 aliphatic carbocycles. The molecule has 4 aliphatic rings. The van der Waals surface area contributed by atoms with Crippen molar-refractivity contribution in [1.29, 1.82) is 0 Å². The lowest BCUT2D eigenvalue weighted by atomic mass is 9.61. The van der Waals surface area contributed by atoms with Crippen molar-refractivity contribution in [2.45, 2.75) is 50.4 Å². The maximum Gasteiger partial charge on any atom is 0.142 e. The quantitative estimate of drug-likeness (QED) is 0.142. The van der Waals surface area contributed by atoms with E-state index in [1.807, 2.05) is 6.20 Å². The van der Waals surface area contributed by atoms with Crippen LogP contribution >= 0.6 is 0 Å². The van der Waals surface area contributed by atoms with Crippen molar-refractivity contribution in [2.75, 3.05) is 0 Å². The first-order valence-corrected chi connectivity index (χ1v) is 31.8. The Balaban J connectivity index is 0.839. The fourth-order valence-corrected chi connectivity index (χ4v) is 16.9. The zero-order chi connectivity index (χ0) is 59.8. The third-order valence-electron chi connectivity index (χ3n) is 20.8. The van der Waals surface area contributed by atoms with Gasteiger partial charge >= 0.3 is 0 Å². The van der Waals surface area contributed by atoms with Gasteiger partial charge in [0.2, 0.25) is 0 Å². The summed E-state index contributed by atoms with van der Waals surface area (Å²) in [5.41, 5.74) is 28.6. The molecule has 18 rings (SSSR count). The number of aryl methyl sites for hydroxylation is 4. The van der Waals surface area contributed by atoms with Gasteiger partial charge in [-0.15, -0.1) is 0 Å². The summed E-state index contributed by atoms with van der Waals surface area (Å²) < 4.78 is 6.64. The number of allylic oxidation sites excluding steroid dienone is 5. The van der Waals surface area contributed by atoms with E-state index in [2.05, 4.69) is 300 Å². The Bertz CT molecular complexity index is 5400. The molecular formula is C87H62N2O. The summed E-state index contributed by atoms with van der Waals surface area (Å²) in [7, 11) is 0. The Labute approximate surface area is 524 Å². The second-order valence-corrected chi connectivity index (χ2v) is 25.4. The summed E-state index contributed by atoms with van der Waals surface area (Å²) in [5, 5.41) is 5.60. The number of fused-ring (bicyclic) bond motifs is 15. The molecule has 3 nitrogen and oxygen atoms in total. The zero-order valence-electron chi connectivity index (χ0n) is 50.5. The maximum atomic E-state index is 6.64. The molecule has 2 heterocycles. The minimum Gasteiger partial charge on any atom is -0.456 e. The molecule has 3 atom stereocenters. The number of hydrogen-bond donors (Lipinski definition) is 0. The van der Waals surface area contributed by atoms with Crippen molar-refractivity contribution in [3.63, 3.8) is 0 Å². The van der Waals surface area contributed by atoms with Crippen LogP contribution in [-0.4, -0.2) is 9.97 Å². The third kappa shape index (κ3) is 7.53. The van der Waals surface area contributed by atoms with Gasteiger partial charge in [-0.25, -0.2) is 4.98 Å². The van der Waals surface area contributed by atoms with Crippen LogP contribution in [0.25, 0.3) is 105 Å². The molecule has 0 amide bonds. The summed E-state index contributed by atoms with van der Waals surface area (Å²) in [6.07, 6.45) is 17.7. The minimum absolute atomic E-state index is 0.200. The Morgan fingerprint density at radius 2 is 1.01 bits per heavy atom. The van der Waals surface area contributed by atoms with Crippen molar-refractivity contribution in [3.8, 4) is 55.8 Å². The fraction of sp³-hybridized carbons (Fsp3) is 0.103. The first-order chi connectivity index (χ1) is 44.4. The molecule has 90 heavy (non-hydrogen) atoms. The smallest absolute Gasteiger partial charge is 0.142 e. The van der Waals surface area contributed by atoms with Gasteiger partial charge in [-0.05, 0) is 181 Å². The van der Waals surface area contributed by atoms with E-state index in [9.17, 15) is 0 Å². The molecule has 0 saturated carbocycles. The van der Waals surface area contributed by atoms with Gasteiger partial charge in [-0.1, -0.05) is 243 Å². The number of benzene rings is 12. The van der Waals surface area contributed by atoms with Crippen LogP contribution in [0.4, 0.5) is 0 Å². The van der Waals surface area contributed by atoms with Crippen LogP contribution in [0.3, 0.4) is 0 Å². The predicted octanol–water partition coefficient (Wildman–Crippen LogP) is 21.8.